The first-order valence-corrected chi connectivity index (χ1v) is 10.3. The van der Waals surface area contributed by atoms with Crippen molar-refractivity contribution in [3.63, 3.8) is 0 Å². The second-order valence-corrected chi connectivity index (χ2v) is 7.81. The van der Waals surface area contributed by atoms with Crippen LogP contribution in [0.15, 0.2) is 29.1 Å². The molecule has 1 atom stereocenters. The SMILES string of the molecule is CCc1c2c(nc3ccccc13)-c1c(NC=O)c3c(c(=O)n1C2)COC(=O)[C@]3(O)CC. The van der Waals surface area contributed by atoms with Gasteiger partial charge in [0.2, 0.25) is 6.41 Å². The summed E-state index contributed by atoms with van der Waals surface area (Å²) in [6.07, 6.45) is 1.22. The van der Waals surface area contributed by atoms with E-state index in [0.29, 0.717) is 24.3 Å². The highest BCUT2D eigenvalue weighted by Crippen LogP contribution is 2.46. The number of ether oxygens (including phenoxy) is 1. The second-order valence-electron chi connectivity index (χ2n) is 7.81. The van der Waals surface area contributed by atoms with E-state index in [0.717, 1.165) is 28.5 Å². The molecule has 3 aromatic rings. The standard InChI is InChI=1S/C23H21N3O5/c1-3-12-13-7-5-6-8-16(13)25-18-14(12)9-26-20(18)19(24-11-27)17-15(21(26)28)10-31-22(29)23(17,30)4-2/h5-8,11,30H,3-4,9-10H2,1-2H3,(H,24,27)/t23-/m0/s1. The Morgan fingerprint density at radius 2 is 2.03 bits per heavy atom. The van der Waals surface area contributed by atoms with Gasteiger partial charge in [-0.05, 0) is 24.5 Å². The van der Waals surface area contributed by atoms with E-state index in [1.807, 2.05) is 31.2 Å². The van der Waals surface area contributed by atoms with Gasteiger partial charge in [0, 0.05) is 16.5 Å². The number of carbonyl (C=O) groups excluding carboxylic acids is 2. The summed E-state index contributed by atoms with van der Waals surface area (Å²) in [7, 11) is 0. The third-order valence-electron chi connectivity index (χ3n) is 6.38. The molecule has 1 aromatic carbocycles. The van der Waals surface area contributed by atoms with Crippen molar-refractivity contribution in [1.82, 2.24) is 9.55 Å². The summed E-state index contributed by atoms with van der Waals surface area (Å²) < 4.78 is 6.69. The summed E-state index contributed by atoms with van der Waals surface area (Å²) in [5.74, 6) is -0.834. The molecular weight excluding hydrogens is 398 g/mol. The van der Waals surface area contributed by atoms with Crippen molar-refractivity contribution in [3.8, 4) is 11.4 Å². The molecular formula is C23H21N3O5. The van der Waals surface area contributed by atoms with Crippen LogP contribution < -0.4 is 10.9 Å². The highest BCUT2D eigenvalue weighted by Gasteiger charge is 2.48. The van der Waals surface area contributed by atoms with Gasteiger partial charge in [-0.2, -0.15) is 0 Å². The molecule has 2 N–H and O–H groups in total. The maximum absolute atomic E-state index is 13.5. The van der Waals surface area contributed by atoms with Crippen molar-refractivity contribution in [2.75, 3.05) is 5.32 Å². The molecule has 0 saturated carbocycles. The van der Waals surface area contributed by atoms with E-state index < -0.39 is 11.6 Å². The number of aliphatic hydroxyl groups is 1. The van der Waals surface area contributed by atoms with Crippen molar-refractivity contribution in [3.05, 3.63) is 56.9 Å². The summed E-state index contributed by atoms with van der Waals surface area (Å²) >= 11 is 0. The minimum absolute atomic E-state index is 0.00647. The molecule has 0 aliphatic carbocycles. The smallest absolute Gasteiger partial charge is 0.343 e. The van der Waals surface area contributed by atoms with E-state index in [4.69, 9.17) is 9.72 Å². The Morgan fingerprint density at radius 3 is 2.74 bits per heavy atom. The number of para-hydroxylation sites is 1. The number of aryl methyl sites for hydroxylation is 1. The molecule has 158 valence electrons. The first-order chi connectivity index (χ1) is 15.0. The van der Waals surface area contributed by atoms with Crippen LogP contribution in [0.25, 0.3) is 22.3 Å². The fourth-order valence-corrected chi connectivity index (χ4v) is 4.89. The number of hydrogen-bond acceptors (Lipinski definition) is 6. The monoisotopic (exact) mass is 419 g/mol. The summed E-state index contributed by atoms with van der Waals surface area (Å²) in [6, 6.07) is 7.75. The molecule has 0 radical (unpaired) electrons. The molecule has 4 heterocycles. The van der Waals surface area contributed by atoms with Gasteiger partial charge in [-0.25, -0.2) is 9.78 Å². The fourth-order valence-electron chi connectivity index (χ4n) is 4.89. The second kappa shape index (κ2) is 6.75. The summed E-state index contributed by atoms with van der Waals surface area (Å²) in [6.45, 7) is 3.71. The lowest BCUT2D eigenvalue weighted by atomic mass is 9.84. The lowest BCUT2D eigenvalue weighted by molar-refractivity contribution is -0.172. The maximum Gasteiger partial charge on any atom is 0.343 e. The predicted molar refractivity (Wildman–Crippen MR) is 114 cm³/mol. The number of anilines is 1. The number of amides is 1. The lowest BCUT2D eigenvalue weighted by Crippen LogP contribution is -2.45. The van der Waals surface area contributed by atoms with Gasteiger partial charge >= 0.3 is 5.97 Å². The number of fused-ring (bicyclic) bond motifs is 5. The Morgan fingerprint density at radius 1 is 1.26 bits per heavy atom. The average Bonchev–Trinajstić information content (AvgIpc) is 3.16. The van der Waals surface area contributed by atoms with Gasteiger partial charge < -0.3 is 15.2 Å². The zero-order valence-corrected chi connectivity index (χ0v) is 17.2. The number of carbonyl (C=O) groups is 2. The zero-order valence-electron chi connectivity index (χ0n) is 17.2. The van der Waals surface area contributed by atoms with E-state index in [-0.39, 0.29) is 35.4 Å². The molecule has 31 heavy (non-hydrogen) atoms. The molecule has 0 bridgehead atoms. The van der Waals surface area contributed by atoms with Crippen molar-refractivity contribution >= 4 is 29.0 Å². The van der Waals surface area contributed by atoms with E-state index in [1.54, 1.807) is 11.5 Å². The van der Waals surface area contributed by atoms with Crippen LogP contribution in [0.5, 0.6) is 0 Å². The summed E-state index contributed by atoms with van der Waals surface area (Å²) in [5.41, 5.74) is 1.88. The maximum atomic E-state index is 13.5. The van der Waals surface area contributed by atoms with Crippen LogP contribution in [0.1, 0.15) is 42.5 Å². The number of pyridine rings is 2. The molecule has 5 rings (SSSR count). The average molecular weight is 419 g/mol. The van der Waals surface area contributed by atoms with Gasteiger partial charge in [0.05, 0.1) is 34.7 Å². The van der Waals surface area contributed by atoms with E-state index in [2.05, 4.69) is 5.32 Å². The Bertz CT molecular complexity index is 1340. The summed E-state index contributed by atoms with van der Waals surface area (Å²) in [5, 5.41) is 14.9. The normalized spacial score (nSPS) is 18.9. The predicted octanol–water partition coefficient (Wildman–Crippen LogP) is 2.21. The first-order valence-electron chi connectivity index (χ1n) is 10.3. The molecule has 0 saturated heterocycles. The van der Waals surface area contributed by atoms with Crippen LogP contribution in [-0.4, -0.2) is 27.0 Å². The molecule has 0 unspecified atom stereocenters. The minimum atomic E-state index is -2.03. The quantitative estimate of drug-likeness (QED) is 0.388. The van der Waals surface area contributed by atoms with Crippen LogP contribution in [0, 0.1) is 0 Å². The number of nitrogens with zero attached hydrogens (tertiary/aromatic N) is 2. The van der Waals surface area contributed by atoms with E-state index in [9.17, 15) is 19.5 Å². The Kier molecular flexibility index (Phi) is 4.23. The van der Waals surface area contributed by atoms with Crippen molar-refractivity contribution in [2.24, 2.45) is 0 Å². The summed E-state index contributed by atoms with van der Waals surface area (Å²) in [4.78, 5) is 42.3. The largest absolute Gasteiger partial charge is 0.458 e. The zero-order chi connectivity index (χ0) is 21.9. The third kappa shape index (κ3) is 2.45. The number of esters is 1. The molecule has 0 spiro atoms. The van der Waals surface area contributed by atoms with Crippen molar-refractivity contribution in [2.45, 2.75) is 45.4 Å². The molecule has 2 aromatic heterocycles. The lowest BCUT2D eigenvalue weighted by Gasteiger charge is -2.33. The number of rotatable bonds is 4. The molecule has 2 aliphatic heterocycles. The van der Waals surface area contributed by atoms with Crippen molar-refractivity contribution in [1.29, 1.82) is 0 Å². The van der Waals surface area contributed by atoms with Gasteiger partial charge in [-0.1, -0.05) is 32.0 Å². The number of nitrogens with one attached hydrogen (secondary N) is 1. The molecule has 8 heteroatoms. The highest BCUT2D eigenvalue weighted by atomic mass is 16.6. The van der Waals surface area contributed by atoms with E-state index in [1.165, 1.54) is 0 Å². The van der Waals surface area contributed by atoms with Crippen LogP contribution in [0.3, 0.4) is 0 Å². The molecule has 2 aliphatic rings. The van der Waals surface area contributed by atoms with Gasteiger partial charge in [0.25, 0.3) is 5.56 Å². The van der Waals surface area contributed by atoms with Gasteiger partial charge in [0.1, 0.15) is 6.61 Å². The molecule has 0 fully saturated rings. The van der Waals surface area contributed by atoms with Crippen LogP contribution in [0.2, 0.25) is 0 Å². The molecule has 1 amide bonds. The number of cyclic esters (lactones) is 1. The minimum Gasteiger partial charge on any atom is -0.458 e. The number of aromatic nitrogens is 2. The van der Waals surface area contributed by atoms with Crippen LogP contribution in [0.4, 0.5) is 5.69 Å². The van der Waals surface area contributed by atoms with Gasteiger partial charge in [-0.15, -0.1) is 0 Å². The van der Waals surface area contributed by atoms with Crippen LogP contribution in [-0.2, 0) is 39.5 Å². The van der Waals surface area contributed by atoms with E-state index >= 15 is 0 Å². The third-order valence-corrected chi connectivity index (χ3v) is 6.38. The number of hydrogen-bond donors (Lipinski definition) is 2. The highest BCUT2D eigenvalue weighted by molar-refractivity contribution is 5.96. The Balaban J connectivity index is 1.93. The fraction of sp³-hybridized carbons (Fsp3) is 0.304. The molecule has 8 nitrogen and oxygen atoms in total. The topological polar surface area (TPSA) is 111 Å². The van der Waals surface area contributed by atoms with Crippen LogP contribution >= 0.6 is 0 Å². The first kappa shape index (κ1) is 19.4. The van der Waals surface area contributed by atoms with Gasteiger partial charge in [-0.3, -0.25) is 14.2 Å². The Hall–Kier alpha value is -3.52. The van der Waals surface area contributed by atoms with Crippen molar-refractivity contribution < 1.29 is 19.4 Å². The number of benzene rings is 1. The Labute approximate surface area is 177 Å². The van der Waals surface area contributed by atoms with Gasteiger partial charge in [0.15, 0.2) is 5.60 Å².